The molecule has 0 aliphatic heterocycles. The lowest BCUT2D eigenvalue weighted by atomic mass is 10.2. The largest absolute Gasteiger partial charge is 0.395 e. The summed E-state index contributed by atoms with van der Waals surface area (Å²) in [6.45, 7) is -0.109. The zero-order valence-corrected chi connectivity index (χ0v) is 9.56. The Morgan fingerprint density at radius 2 is 1.30 bits per heavy atom. The average molecular weight is 372 g/mol. The van der Waals surface area contributed by atoms with Crippen LogP contribution in [0.25, 0.3) is 0 Å². The fourth-order valence-corrected chi connectivity index (χ4v) is 2.24. The zero-order chi connectivity index (χ0) is 8.15. The van der Waals surface area contributed by atoms with Gasteiger partial charge in [0.05, 0.1) is 27.2 Å². The molecule has 10 heavy (non-hydrogen) atoms. The van der Waals surface area contributed by atoms with Crippen LogP contribution >= 0.6 is 45.2 Å². The monoisotopic (exact) mass is 372 g/mol. The molecule has 0 bridgehead atoms. The molecule has 0 aliphatic rings. The minimum absolute atomic E-state index is 0.0543. The molecule has 0 aliphatic carbocycles. The van der Waals surface area contributed by atoms with E-state index in [1.165, 1.54) is 0 Å². The van der Waals surface area contributed by atoms with Crippen LogP contribution in [0, 0.1) is 0 Å². The maximum Gasteiger partial charge on any atom is 0.0819 e. The van der Waals surface area contributed by atoms with Crippen LogP contribution in [-0.4, -0.2) is 42.5 Å². The quantitative estimate of drug-likeness (QED) is 0.479. The van der Waals surface area contributed by atoms with E-state index < -0.39 is 6.10 Å². The Morgan fingerprint density at radius 1 is 1.00 bits per heavy atom. The smallest absolute Gasteiger partial charge is 0.0819 e. The number of rotatable bonds is 4. The lowest BCUT2D eigenvalue weighted by Gasteiger charge is -2.18. The Bertz CT molecular complexity index is 81.0. The summed E-state index contributed by atoms with van der Waals surface area (Å²) < 4.78 is -0.377. The lowest BCUT2D eigenvalue weighted by Crippen LogP contribution is -2.34. The van der Waals surface area contributed by atoms with Gasteiger partial charge in [-0.05, 0) is 0 Å². The molecule has 0 rings (SSSR count). The normalized spacial score (nSPS) is 20.1. The first-order valence-electron chi connectivity index (χ1n) is 2.81. The first-order valence-corrected chi connectivity index (χ1v) is 5.30. The van der Waals surface area contributed by atoms with E-state index in [4.69, 9.17) is 10.2 Å². The van der Waals surface area contributed by atoms with Gasteiger partial charge in [0.25, 0.3) is 0 Å². The van der Waals surface area contributed by atoms with Gasteiger partial charge in [0, 0.05) is 0 Å². The van der Waals surface area contributed by atoms with Crippen LogP contribution in [0.3, 0.4) is 0 Å². The van der Waals surface area contributed by atoms with Gasteiger partial charge in [-0.25, -0.2) is 0 Å². The fourth-order valence-electron chi connectivity index (χ4n) is 0.443. The number of hydrogen-bond acceptors (Lipinski definition) is 3. The van der Waals surface area contributed by atoms with Gasteiger partial charge in [-0.15, -0.1) is 0 Å². The van der Waals surface area contributed by atoms with Gasteiger partial charge in [0.2, 0.25) is 0 Å². The molecule has 0 aromatic rings. The van der Waals surface area contributed by atoms with Crippen molar-refractivity contribution in [1.82, 2.24) is 0 Å². The van der Waals surface area contributed by atoms with Crippen molar-refractivity contribution < 1.29 is 15.3 Å². The third kappa shape index (κ3) is 3.65. The van der Waals surface area contributed by atoms with E-state index in [0.29, 0.717) is 0 Å². The summed E-state index contributed by atoms with van der Waals surface area (Å²) in [6.07, 6.45) is -0.629. The summed E-state index contributed by atoms with van der Waals surface area (Å²) in [7, 11) is 0. The minimum atomic E-state index is -0.629. The van der Waals surface area contributed by atoms with Crippen molar-refractivity contribution in [3.8, 4) is 0 Å². The second-order valence-electron chi connectivity index (χ2n) is 1.89. The molecule has 3 atom stereocenters. The summed E-state index contributed by atoms with van der Waals surface area (Å²) in [5.41, 5.74) is 0. The van der Waals surface area contributed by atoms with Crippen LogP contribution in [-0.2, 0) is 0 Å². The third-order valence-corrected chi connectivity index (χ3v) is 3.35. The number of hydrogen-bond donors (Lipinski definition) is 3. The van der Waals surface area contributed by atoms with Crippen molar-refractivity contribution in [2.75, 3.05) is 13.2 Å². The van der Waals surface area contributed by atoms with Crippen LogP contribution in [0.5, 0.6) is 0 Å². The van der Waals surface area contributed by atoms with Gasteiger partial charge < -0.3 is 15.3 Å². The Morgan fingerprint density at radius 3 is 1.50 bits per heavy atom. The average Bonchev–Trinajstić information content (AvgIpc) is 2.00. The molecule has 0 unspecified atom stereocenters. The molecule has 0 saturated carbocycles. The summed E-state index contributed by atoms with van der Waals surface area (Å²) in [6, 6.07) is 0. The summed E-state index contributed by atoms with van der Waals surface area (Å²) in [4.78, 5) is 0. The molecule has 3 N–H and O–H groups in total. The predicted octanol–water partition coefficient (Wildman–Crippen LogP) is -0.0609. The van der Waals surface area contributed by atoms with Gasteiger partial charge in [-0.2, -0.15) is 0 Å². The van der Waals surface area contributed by atoms with Crippen LogP contribution < -0.4 is 0 Å². The van der Waals surface area contributed by atoms with Crippen molar-refractivity contribution in [1.29, 1.82) is 0 Å². The van der Waals surface area contributed by atoms with Crippen molar-refractivity contribution in [2.45, 2.75) is 14.0 Å². The molecule has 3 nitrogen and oxygen atoms in total. The Labute approximate surface area is 87.1 Å². The van der Waals surface area contributed by atoms with Crippen LogP contribution in [0.1, 0.15) is 0 Å². The van der Waals surface area contributed by atoms with E-state index in [1.54, 1.807) is 0 Å². The topological polar surface area (TPSA) is 60.7 Å². The number of aliphatic hydroxyl groups excluding tert-OH is 3. The molecule has 0 aromatic heterocycles. The number of aliphatic hydroxyl groups is 3. The maximum absolute atomic E-state index is 9.25. The Balaban J connectivity index is 3.69. The summed E-state index contributed by atoms with van der Waals surface area (Å²) in [5, 5.41) is 26.4. The van der Waals surface area contributed by atoms with Gasteiger partial charge in [0.15, 0.2) is 0 Å². The van der Waals surface area contributed by atoms with E-state index in [9.17, 15) is 5.11 Å². The summed E-state index contributed by atoms with van der Waals surface area (Å²) in [5.74, 6) is 0. The first-order chi connectivity index (χ1) is 4.63. The third-order valence-electron chi connectivity index (χ3n) is 1.09. The minimum Gasteiger partial charge on any atom is -0.395 e. The first kappa shape index (κ1) is 11.3. The molecule has 0 radical (unpaired) electrons. The molecule has 0 amide bonds. The zero-order valence-electron chi connectivity index (χ0n) is 5.24. The second kappa shape index (κ2) is 5.92. The van der Waals surface area contributed by atoms with Crippen molar-refractivity contribution in [3.05, 3.63) is 0 Å². The highest BCUT2D eigenvalue weighted by molar-refractivity contribution is 14.1. The molecule has 0 saturated heterocycles. The molecule has 0 spiro atoms. The number of alkyl halides is 2. The molecule has 0 heterocycles. The highest BCUT2D eigenvalue weighted by Gasteiger charge is 2.22. The van der Waals surface area contributed by atoms with E-state index in [2.05, 4.69) is 0 Å². The van der Waals surface area contributed by atoms with Gasteiger partial charge >= 0.3 is 0 Å². The predicted molar refractivity (Wildman–Crippen MR) is 55.8 cm³/mol. The van der Waals surface area contributed by atoms with Crippen molar-refractivity contribution in [2.24, 2.45) is 0 Å². The van der Waals surface area contributed by atoms with E-state index in [1.807, 2.05) is 45.2 Å². The highest BCUT2D eigenvalue weighted by Crippen LogP contribution is 2.15. The Hall–Kier alpha value is 1.34. The van der Waals surface area contributed by atoms with Crippen molar-refractivity contribution in [3.63, 3.8) is 0 Å². The molecule has 62 valence electrons. The highest BCUT2D eigenvalue weighted by atomic mass is 127. The van der Waals surface area contributed by atoms with Gasteiger partial charge in [0.1, 0.15) is 0 Å². The van der Waals surface area contributed by atoms with Crippen LogP contribution in [0.15, 0.2) is 0 Å². The SMILES string of the molecule is OC[C@@H](I)[C@H](O)[C@@H](I)CO. The van der Waals surface area contributed by atoms with Crippen LogP contribution in [0.4, 0.5) is 0 Å². The molecule has 0 fully saturated rings. The second-order valence-corrected chi connectivity index (χ2v) is 5.09. The maximum atomic E-state index is 9.25. The summed E-state index contributed by atoms with van der Waals surface area (Å²) >= 11 is 3.91. The Kier molecular flexibility index (Phi) is 6.72. The molecule has 0 aromatic carbocycles. The standard InChI is InChI=1S/C5H10I2O3/c6-3(1-8)5(10)4(7)2-9/h3-5,8-10H,1-2H2/t3-,4+,5+. The van der Waals surface area contributed by atoms with Gasteiger partial charge in [-0.1, -0.05) is 45.2 Å². The molecular formula is C5H10I2O3. The van der Waals surface area contributed by atoms with E-state index in [0.717, 1.165) is 0 Å². The van der Waals surface area contributed by atoms with Gasteiger partial charge in [-0.3, -0.25) is 0 Å². The number of halogens is 2. The van der Waals surface area contributed by atoms with Crippen LogP contribution in [0.2, 0.25) is 0 Å². The van der Waals surface area contributed by atoms with E-state index >= 15 is 0 Å². The van der Waals surface area contributed by atoms with E-state index in [-0.39, 0.29) is 21.1 Å². The lowest BCUT2D eigenvalue weighted by molar-refractivity contribution is 0.126. The molecule has 5 heteroatoms. The van der Waals surface area contributed by atoms with Crippen molar-refractivity contribution >= 4 is 45.2 Å². The molecular weight excluding hydrogens is 362 g/mol. The fraction of sp³-hybridized carbons (Fsp3) is 1.00.